The lowest BCUT2D eigenvalue weighted by molar-refractivity contribution is -0.139. The molecule has 1 saturated carbocycles. The number of carboxylic acid groups (broad SMARTS) is 1. The first-order valence-electron chi connectivity index (χ1n) is 10.9. The minimum Gasteiger partial charge on any atom is -0.481 e. The van der Waals surface area contributed by atoms with Crippen molar-refractivity contribution in [3.8, 4) is 11.3 Å². The smallest absolute Gasteiger partial charge is 0.416 e. The maximum Gasteiger partial charge on any atom is 0.416 e. The lowest BCUT2D eigenvalue weighted by Crippen LogP contribution is -2.16. The molecule has 0 aliphatic heterocycles. The van der Waals surface area contributed by atoms with Gasteiger partial charge in [0, 0.05) is 17.7 Å². The number of rotatable bonds is 6. The highest BCUT2D eigenvalue weighted by Crippen LogP contribution is 2.37. The molecule has 8 heteroatoms. The Labute approximate surface area is 189 Å². The fourth-order valence-corrected chi connectivity index (χ4v) is 4.32. The zero-order valence-electron chi connectivity index (χ0n) is 17.8. The fourth-order valence-electron chi connectivity index (χ4n) is 4.32. The number of nitrogens with one attached hydrogen (secondary N) is 1. The Hall–Kier alpha value is -3.42. The van der Waals surface area contributed by atoms with E-state index in [1.165, 1.54) is 17.7 Å². The normalized spacial score (nSPS) is 18.6. The summed E-state index contributed by atoms with van der Waals surface area (Å²) in [7, 11) is 0. The summed E-state index contributed by atoms with van der Waals surface area (Å²) in [6.45, 7) is 0. The predicted molar refractivity (Wildman–Crippen MR) is 119 cm³/mol. The Kier molecular flexibility index (Phi) is 6.62. The van der Waals surface area contributed by atoms with Gasteiger partial charge in [0.25, 0.3) is 0 Å². The van der Waals surface area contributed by atoms with E-state index in [1.54, 1.807) is 6.07 Å². The van der Waals surface area contributed by atoms with Gasteiger partial charge in [-0.3, -0.25) is 4.79 Å². The lowest BCUT2D eigenvalue weighted by atomic mass is 9.77. The van der Waals surface area contributed by atoms with E-state index in [2.05, 4.69) is 27.6 Å². The van der Waals surface area contributed by atoms with Gasteiger partial charge in [-0.1, -0.05) is 24.3 Å². The molecular weight excluding hydrogens is 431 g/mol. The van der Waals surface area contributed by atoms with E-state index < -0.39 is 17.7 Å². The van der Waals surface area contributed by atoms with Crippen molar-refractivity contribution >= 4 is 17.5 Å². The molecule has 0 atom stereocenters. The van der Waals surface area contributed by atoms with Gasteiger partial charge in [-0.2, -0.15) is 13.2 Å². The van der Waals surface area contributed by atoms with E-state index in [9.17, 15) is 18.0 Å². The van der Waals surface area contributed by atoms with Gasteiger partial charge < -0.3 is 10.4 Å². The molecule has 0 amide bonds. The fraction of sp³-hybridized carbons (Fsp3) is 0.320. The highest BCUT2D eigenvalue weighted by molar-refractivity contribution is 5.67. The third-order valence-corrected chi connectivity index (χ3v) is 6.14. The first kappa shape index (κ1) is 22.8. The molecule has 0 spiro atoms. The summed E-state index contributed by atoms with van der Waals surface area (Å²) >= 11 is 0. The molecule has 0 saturated heterocycles. The molecule has 4 rings (SSSR count). The molecular formula is C25H24F3N3O2. The van der Waals surface area contributed by atoms with Gasteiger partial charge in [0.2, 0.25) is 0 Å². The third-order valence-electron chi connectivity index (χ3n) is 6.14. The number of halogens is 3. The van der Waals surface area contributed by atoms with Crippen LogP contribution in [0.25, 0.3) is 11.3 Å². The SMILES string of the molecule is O=C(O)CC1CCC(c2ccc(-c3ccc(Nc4ccc(C(F)(F)F)cc4)nn3)cc2)CC1. The minimum absolute atomic E-state index is 0.258. The van der Waals surface area contributed by atoms with Crippen molar-refractivity contribution in [1.82, 2.24) is 10.2 Å². The van der Waals surface area contributed by atoms with Crippen molar-refractivity contribution in [1.29, 1.82) is 0 Å². The van der Waals surface area contributed by atoms with Crippen LogP contribution in [0.1, 0.15) is 49.1 Å². The highest BCUT2D eigenvalue weighted by Gasteiger charge is 2.30. The minimum atomic E-state index is -4.37. The summed E-state index contributed by atoms with van der Waals surface area (Å²) in [6, 6.07) is 16.5. The Morgan fingerprint density at radius 1 is 0.909 bits per heavy atom. The largest absolute Gasteiger partial charge is 0.481 e. The van der Waals surface area contributed by atoms with Crippen LogP contribution >= 0.6 is 0 Å². The van der Waals surface area contributed by atoms with Crippen LogP contribution in [0.4, 0.5) is 24.7 Å². The molecule has 1 aromatic heterocycles. The molecule has 172 valence electrons. The van der Waals surface area contributed by atoms with Gasteiger partial charge >= 0.3 is 12.1 Å². The number of alkyl halides is 3. The molecule has 0 unspecified atom stereocenters. The second-order valence-electron chi connectivity index (χ2n) is 8.44. The summed E-state index contributed by atoms with van der Waals surface area (Å²) in [5.74, 6) is 0.450. The standard InChI is InChI=1S/C25H24F3N3O2/c26-25(27,28)20-9-11-21(12-10-20)29-23-14-13-22(30-31-23)19-7-5-18(6-8-19)17-3-1-16(2-4-17)15-24(32)33/h5-14,16-17H,1-4,15H2,(H,29,31)(H,32,33). The molecule has 1 aliphatic carbocycles. The number of hydrogen-bond donors (Lipinski definition) is 2. The molecule has 1 fully saturated rings. The molecule has 2 aromatic carbocycles. The number of carbonyl (C=O) groups is 1. The Balaban J connectivity index is 1.36. The van der Waals surface area contributed by atoms with E-state index in [-0.39, 0.29) is 12.3 Å². The van der Waals surface area contributed by atoms with Crippen molar-refractivity contribution in [3.05, 3.63) is 71.8 Å². The second kappa shape index (κ2) is 9.60. The Bertz CT molecular complexity index is 1070. The van der Waals surface area contributed by atoms with Crippen molar-refractivity contribution in [3.63, 3.8) is 0 Å². The molecule has 2 N–H and O–H groups in total. The van der Waals surface area contributed by atoms with Crippen LogP contribution in [0.5, 0.6) is 0 Å². The van der Waals surface area contributed by atoms with Crippen molar-refractivity contribution in [2.45, 2.75) is 44.2 Å². The Morgan fingerprint density at radius 2 is 1.58 bits per heavy atom. The quantitative estimate of drug-likeness (QED) is 0.435. The van der Waals surface area contributed by atoms with E-state index >= 15 is 0 Å². The molecule has 3 aromatic rings. The number of hydrogen-bond acceptors (Lipinski definition) is 4. The summed E-state index contributed by atoms with van der Waals surface area (Å²) < 4.78 is 38.0. The maximum absolute atomic E-state index is 12.7. The first-order chi connectivity index (χ1) is 15.8. The van der Waals surface area contributed by atoms with Crippen LogP contribution in [0, 0.1) is 5.92 Å². The van der Waals surface area contributed by atoms with Crippen molar-refractivity contribution < 1.29 is 23.1 Å². The van der Waals surface area contributed by atoms with Crippen LogP contribution in [0.15, 0.2) is 60.7 Å². The summed E-state index contributed by atoms with van der Waals surface area (Å²) in [6.07, 6.45) is -0.221. The Morgan fingerprint density at radius 3 is 2.12 bits per heavy atom. The zero-order valence-corrected chi connectivity index (χ0v) is 17.8. The number of carboxylic acids is 1. The monoisotopic (exact) mass is 455 g/mol. The molecule has 0 bridgehead atoms. The van der Waals surface area contributed by atoms with Crippen LogP contribution in [0.3, 0.4) is 0 Å². The molecule has 1 aliphatic rings. The average Bonchev–Trinajstić information content (AvgIpc) is 2.80. The molecule has 0 radical (unpaired) electrons. The number of aliphatic carboxylic acids is 1. The lowest BCUT2D eigenvalue weighted by Gasteiger charge is -2.28. The van der Waals surface area contributed by atoms with Crippen molar-refractivity contribution in [2.24, 2.45) is 5.92 Å². The van der Waals surface area contributed by atoms with E-state index in [1.807, 2.05) is 18.2 Å². The predicted octanol–water partition coefficient (Wildman–Crippen LogP) is 6.65. The van der Waals surface area contributed by atoms with Crippen LogP contribution in [-0.2, 0) is 11.0 Å². The van der Waals surface area contributed by atoms with Gasteiger partial charge in [-0.25, -0.2) is 0 Å². The maximum atomic E-state index is 12.7. The van der Waals surface area contributed by atoms with Gasteiger partial charge in [0.15, 0.2) is 5.82 Å². The molecule has 5 nitrogen and oxygen atoms in total. The van der Waals surface area contributed by atoms with E-state index in [0.717, 1.165) is 43.4 Å². The van der Waals surface area contributed by atoms with Crippen molar-refractivity contribution in [2.75, 3.05) is 5.32 Å². The topological polar surface area (TPSA) is 75.1 Å². The molecule has 1 heterocycles. The summed E-state index contributed by atoms with van der Waals surface area (Å²) in [5.41, 5.74) is 2.66. The summed E-state index contributed by atoms with van der Waals surface area (Å²) in [4.78, 5) is 10.9. The van der Waals surface area contributed by atoms with Crippen LogP contribution < -0.4 is 5.32 Å². The number of nitrogens with zero attached hydrogens (tertiary/aromatic N) is 2. The van der Waals surface area contributed by atoms with Gasteiger partial charge in [0.1, 0.15) is 0 Å². The molecule has 33 heavy (non-hydrogen) atoms. The number of benzene rings is 2. The zero-order chi connectivity index (χ0) is 23.4. The third kappa shape index (κ3) is 5.88. The second-order valence-corrected chi connectivity index (χ2v) is 8.44. The van der Waals surface area contributed by atoms with Gasteiger partial charge in [-0.15, -0.1) is 10.2 Å². The van der Waals surface area contributed by atoms with E-state index in [0.29, 0.717) is 23.1 Å². The van der Waals surface area contributed by atoms with Gasteiger partial charge in [-0.05, 0) is 79.5 Å². The average molecular weight is 455 g/mol. The highest BCUT2D eigenvalue weighted by atomic mass is 19.4. The number of anilines is 2. The van der Waals surface area contributed by atoms with Gasteiger partial charge in [0.05, 0.1) is 11.3 Å². The summed E-state index contributed by atoms with van der Waals surface area (Å²) in [5, 5.41) is 20.3. The van der Waals surface area contributed by atoms with Crippen LogP contribution in [0.2, 0.25) is 0 Å². The first-order valence-corrected chi connectivity index (χ1v) is 10.9. The van der Waals surface area contributed by atoms with E-state index in [4.69, 9.17) is 5.11 Å². The number of aromatic nitrogens is 2. The van der Waals surface area contributed by atoms with Crippen LogP contribution in [-0.4, -0.2) is 21.3 Å².